The molecule has 18 heavy (non-hydrogen) atoms. The molecule has 0 spiro atoms. The number of benzene rings is 1. The Hall–Kier alpha value is -1.35. The van der Waals surface area contributed by atoms with E-state index in [4.69, 9.17) is 5.73 Å². The van der Waals surface area contributed by atoms with Crippen LogP contribution in [0, 0.1) is 5.92 Å². The van der Waals surface area contributed by atoms with Gasteiger partial charge in [-0.25, -0.2) is 0 Å². The molecular formula is C15H24N2O. The Kier molecular flexibility index (Phi) is 6.44. The van der Waals surface area contributed by atoms with E-state index in [2.05, 4.69) is 19.2 Å². The maximum Gasteiger partial charge on any atom is 0.241 e. The molecule has 1 rings (SSSR count). The molecule has 0 aliphatic heterocycles. The van der Waals surface area contributed by atoms with E-state index in [9.17, 15) is 4.79 Å². The standard InChI is InChI=1S/C15H24N2O/c1-12(2)8-6-7-11-17-15(18)14(16)13-9-4-3-5-10-13/h3-5,9-10,12,14H,6-8,11,16H2,1-2H3,(H,17,18)/t14-/m1/s1. The summed E-state index contributed by atoms with van der Waals surface area (Å²) in [6.07, 6.45) is 3.38. The number of amides is 1. The van der Waals surface area contributed by atoms with Gasteiger partial charge in [-0.3, -0.25) is 4.79 Å². The maximum absolute atomic E-state index is 11.8. The normalized spacial score (nSPS) is 12.4. The third-order valence-electron chi connectivity index (χ3n) is 2.95. The maximum atomic E-state index is 11.8. The molecule has 100 valence electrons. The lowest BCUT2D eigenvalue weighted by Gasteiger charge is -2.12. The smallest absolute Gasteiger partial charge is 0.241 e. The van der Waals surface area contributed by atoms with Crippen molar-refractivity contribution in [1.29, 1.82) is 0 Å². The predicted molar refractivity (Wildman–Crippen MR) is 75.1 cm³/mol. The van der Waals surface area contributed by atoms with Crippen LogP contribution in [0.5, 0.6) is 0 Å². The zero-order chi connectivity index (χ0) is 13.4. The van der Waals surface area contributed by atoms with Crippen molar-refractivity contribution in [2.75, 3.05) is 6.54 Å². The highest BCUT2D eigenvalue weighted by Gasteiger charge is 2.14. The van der Waals surface area contributed by atoms with Gasteiger partial charge < -0.3 is 11.1 Å². The van der Waals surface area contributed by atoms with Crippen LogP contribution in [-0.2, 0) is 4.79 Å². The molecule has 3 heteroatoms. The summed E-state index contributed by atoms with van der Waals surface area (Å²) in [6.45, 7) is 5.14. The Morgan fingerprint density at radius 1 is 1.22 bits per heavy atom. The highest BCUT2D eigenvalue weighted by molar-refractivity contribution is 5.82. The third-order valence-corrected chi connectivity index (χ3v) is 2.95. The molecular weight excluding hydrogens is 224 g/mol. The van der Waals surface area contributed by atoms with Gasteiger partial charge in [-0.1, -0.05) is 57.0 Å². The number of nitrogens with two attached hydrogens (primary N) is 1. The molecule has 0 aliphatic rings. The van der Waals surface area contributed by atoms with Gasteiger partial charge in [-0.05, 0) is 17.9 Å². The molecule has 1 amide bonds. The zero-order valence-corrected chi connectivity index (χ0v) is 11.4. The second-order valence-corrected chi connectivity index (χ2v) is 5.07. The Morgan fingerprint density at radius 2 is 1.89 bits per heavy atom. The van der Waals surface area contributed by atoms with Gasteiger partial charge in [0, 0.05) is 6.54 Å². The number of hydrogen-bond acceptors (Lipinski definition) is 2. The topological polar surface area (TPSA) is 55.1 Å². The quantitative estimate of drug-likeness (QED) is 0.729. The lowest BCUT2D eigenvalue weighted by molar-refractivity contribution is -0.122. The van der Waals surface area contributed by atoms with Gasteiger partial charge in [-0.15, -0.1) is 0 Å². The molecule has 1 aromatic carbocycles. The minimum atomic E-state index is -0.559. The van der Waals surface area contributed by atoms with Crippen LogP contribution in [0.1, 0.15) is 44.7 Å². The number of rotatable bonds is 7. The summed E-state index contributed by atoms with van der Waals surface area (Å²) in [5.41, 5.74) is 6.75. The first-order valence-corrected chi connectivity index (χ1v) is 6.69. The van der Waals surface area contributed by atoms with Crippen molar-refractivity contribution in [2.24, 2.45) is 11.7 Å². The minimum Gasteiger partial charge on any atom is -0.354 e. The van der Waals surface area contributed by atoms with Crippen LogP contribution < -0.4 is 11.1 Å². The number of carbonyl (C=O) groups excluding carboxylic acids is 1. The molecule has 0 fully saturated rings. The fraction of sp³-hybridized carbons (Fsp3) is 0.533. The minimum absolute atomic E-state index is 0.0919. The molecule has 0 heterocycles. The predicted octanol–water partition coefficient (Wildman–Crippen LogP) is 2.63. The second-order valence-electron chi connectivity index (χ2n) is 5.07. The Bertz CT molecular complexity index is 349. The largest absolute Gasteiger partial charge is 0.354 e. The van der Waals surface area contributed by atoms with Gasteiger partial charge >= 0.3 is 0 Å². The lowest BCUT2D eigenvalue weighted by atomic mass is 10.1. The van der Waals surface area contributed by atoms with Crippen molar-refractivity contribution < 1.29 is 4.79 Å². The Balaban J connectivity index is 2.25. The number of nitrogens with one attached hydrogen (secondary N) is 1. The fourth-order valence-corrected chi connectivity index (χ4v) is 1.81. The summed E-state index contributed by atoms with van der Waals surface area (Å²) in [5.74, 6) is 0.637. The van der Waals surface area contributed by atoms with Crippen LogP contribution in [0.3, 0.4) is 0 Å². The molecule has 0 radical (unpaired) electrons. The summed E-state index contributed by atoms with van der Waals surface area (Å²) >= 11 is 0. The molecule has 1 atom stereocenters. The SMILES string of the molecule is CC(C)CCCCNC(=O)[C@H](N)c1ccccc1. The van der Waals surface area contributed by atoms with Crippen LogP contribution >= 0.6 is 0 Å². The van der Waals surface area contributed by atoms with E-state index < -0.39 is 6.04 Å². The van der Waals surface area contributed by atoms with Gasteiger partial charge in [0.2, 0.25) is 5.91 Å². The van der Waals surface area contributed by atoms with Crippen LogP contribution in [0.4, 0.5) is 0 Å². The molecule has 0 aliphatic carbocycles. The Labute approximate surface area is 110 Å². The lowest BCUT2D eigenvalue weighted by Crippen LogP contribution is -2.34. The number of unbranched alkanes of at least 4 members (excludes halogenated alkanes) is 1. The fourth-order valence-electron chi connectivity index (χ4n) is 1.81. The van der Waals surface area contributed by atoms with Crippen molar-refractivity contribution in [3.05, 3.63) is 35.9 Å². The van der Waals surface area contributed by atoms with Gasteiger partial charge in [0.1, 0.15) is 6.04 Å². The van der Waals surface area contributed by atoms with E-state index in [1.165, 1.54) is 6.42 Å². The van der Waals surface area contributed by atoms with Crippen molar-refractivity contribution >= 4 is 5.91 Å². The molecule has 3 N–H and O–H groups in total. The Morgan fingerprint density at radius 3 is 2.50 bits per heavy atom. The van der Waals surface area contributed by atoms with Crippen LogP contribution in [0.2, 0.25) is 0 Å². The van der Waals surface area contributed by atoms with Crippen LogP contribution in [-0.4, -0.2) is 12.5 Å². The van der Waals surface area contributed by atoms with E-state index in [-0.39, 0.29) is 5.91 Å². The van der Waals surface area contributed by atoms with E-state index in [1.54, 1.807) is 0 Å². The zero-order valence-electron chi connectivity index (χ0n) is 11.4. The van der Waals surface area contributed by atoms with Crippen LogP contribution in [0.25, 0.3) is 0 Å². The molecule has 0 saturated carbocycles. The summed E-state index contributed by atoms with van der Waals surface area (Å²) in [4.78, 5) is 11.8. The highest BCUT2D eigenvalue weighted by Crippen LogP contribution is 2.09. The molecule has 3 nitrogen and oxygen atoms in total. The molecule has 0 saturated heterocycles. The van der Waals surface area contributed by atoms with Crippen molar-refractivity contribution in [3.63, 3.8) is 0 Å². The summed E-state index contributed by atoms with van der Waals surface area (Å²) in [7, 11) is 0. The van der Waals surface area contributed by atoms with Gasteiger partial charge in [0.25, 0.3) is 0 Å². The van der Waals surface area contributed by atoms with Gasteiger partial charge in [0.15, 0.2) is 0 Å². The third kappa shape index (κ3) is 5.32. The van der Waals surface area contributed by atoms with E-state index >= 15 is 0 Å². The van der Waals surface area contributed by atoms with Gasteiger partial charge in [0.05, 0.1) is 0 Å². The van der Waals surface area contributed by atoms with Crippen molar-refractivity contribution in [1.82, 2.24) is 5.32 Å². The van der Waals surface area contributed by atoms with E-state index in [0.717, 1.165) is 24.3 Å². The molecule has 0 bridgehead atoms. The van der Waals surface area contributed by atoms with E-state index in [1.807, 2.05) is 30.3 Å². The van der Waals surface area contributed by atoms with E-state index in [0.29, 0.717) is 6.54 Å². The summed E-state index contributed by atoms with van der Waals surface area (Å²) < 4.78 is 0. The first-order valence-electron chi connectivity index (χ1n) is 6.69. The number of hydrogen-bond donors (Lipinski definition) is 2. The first-order chi connectivity index (χ1) is 8.61. The number of carbonyl (C=O) groups is 1. The average Bonchev–Trinajstić information content (AvgIpc) is 2.38. The summed E-state index contributed by atoms with van der Waals surface area (Å²) in [5, 5.41) is 2.89. The monoisotopic (exact) mass is 248 g/mol. The molecule has 1 aromatic rings. The molecule has 0 aromatic heterocycles. The van der Waals surface area contributed by atoms with Gasteiger partial charge in [-0.2, -0.15) is 0 Å². The van der Waals surface area contributed by atoms with Crippen molar-refractivity contribution in [2.45, 2.75) is 39.2 Å². The van der Waals surface area contributed by atoms with Crippen molar-refractivity contribution in [3.8, 4) is 0 Å². The highest BCUT2D eigenvalue weighted by atomic mass is 16.2. The average molecular weight is 248 g/mol. The summed E-state index contributed by atoms with van der Waals surface area (Å²) in [6, 6.07) is 8.90. The molecule has 0 unspecified atom stereocenters. The second kappa shape index (κ2) is 7.88. The van der Waals surface area contributed by atoms with Crippen LogP contribution in [0.15, 0.2) is 30.3 Å². The first kappa shape index (κ1) is 14.7.